The summed E-state index contributed by atoms with van der Waals surface area (Å²) in [4.78, 5) is 10.8. The van der Waals surface area contributed by atoms with E-state index in [2.05, 4.69) is 10.2 Å². The van der Waals surface area contributed by atoms with E-state index in [1.54, 1.807) is 11.7 Å². The van der Waals surface area contributed by atoms with E-state index >= 15 is 0 Å². The summed E-state index contributed by atoms with van der Waals surface area (Å²) in [5.41, 5.74) is 1.41. The average Bonchev–Trinajstić information content (AvgIpc) is 2.83. The van der Waals surface area contributed by atoms with Gasteiger partial charge in [0.2, 0.25) is 0 Å². The minimum atomic E-state index is -0.990. The molecule has 0 aliphatic heterocycles. The lowest BCUT2D eigenvalue weighted by atomic mass is 10.3. The third kappa shape index (κ3) is 1.69. The molecule has 0 saturated carbocycles. The van der Waals surface area contributed by atoms with Gasteiger partial charge in [0.15, 0.2) is 0 Å². The minimum absolute atomic E-state index is 0.154. The van der Waals surface area contributed by atoms with Gasteiger partial charge in [0.25, 0.3) is 0 Å². The Hall–Kier alpha value is -2.11. The molecule has 16 heavy (non-hydrogen) atoms. The van der Waals surface area contributed by atoms with E-state index in [1.807, 2.05) is 19.2 Å². The SMILES string of the molecule is CCn1ccc(-c2cc(C(=O)O)n(C)n2)n1. The maximum atomic E-state index is 10.8. The fraction of sp³-hybridized carbons (Fsp3) is 0.300. The fourth-order valence-corrected chi connectivity index (χ4v) is 1.47. The van der Waals surface area contributed by atoms with Gasteiger partial charge in [-0.25, -0.2) is 4.79 Å². The van der Waals surface area contributed by atoms with Crippen molar-refractivity contribution in [2.45, 2.75) is 13.5 Å². The Bertz CT molecular complexity index is 527. The third-order valence-corrected chi connectivity index (χ3v) is 2.33. The smallest absolute Gasteiger partial charge is 0.354 e. The number of aromatic nitrogens is 4. The first-order chi connectivity index (χ1) is 7.61. The van der Waals surface area contributed by atoms with Crippen molar-refractivity contribution in [1.82, 2.24) is 19.6 Å². The summed E-state index contributed by atoms with van der Waals surface area (Å²) in [6, 6.07) is 3.34. The maximum absolute atomic E-state index is 10.8. The van der Waals surface area contributed by atoms with Crippen LogP contribution in [0.4, 0.5) is 0 Å². The van der Waals surface area contributed by atoms with Crippen LogP contribution in [0.25, 0.3) is 11.4 Å². The molecule has 0 bridgehead atoms. The Labute approximate surface area is 92.1 Å². The number of nitrogens with zero attached hydrogens (tertiary/aromatic N) is 4. The van der Waals surface area contributed by atoms with Crippen molar-refractivity contribution in [3.8, 4) is 11.4 Å². The van der Waals surface area contributed by atoms with E-state index in [4.69, 9.17) is 5.11 Å². The fourth-order valence-electron chi connectivity index (χ4n) is 1.47. The number of carboxylic acid groups (broad SMARTS) is 1. The van der Waals surface area contributed by atoms with Crippen molar-refractivity contribution < 1.29 is 9.90 Å². The second-order valence-electron chi connectivity index (χ2n) is 3.40. The Morgan fingerprint density at radius 2 is 2.19 bits per heavy atom. The van der Waals surface area contributed by atoms with Gasteiger partial charge in [-0.15, -0.1) is 0 Å². The van der Waals surface area contributed by atoms with Crippen LogP contribution in [0.3, 0.4) is 0 Å². The largest absolute Gasteiger partial charge is 0.477 e. The van der Waals surface area contributed by atoms with Crippen LogP contribution >= 0.6 is 0 Å². The Kier molecular flexibility index (Phi) is 2.47. The molecule has 0 aromatic carbocycles. The van der Waals surface area contributed by atoms with Crippen molar-refractivity contribution in [3.63, 3.8) is 0 Å². The lowest BCUT2D eigenvalue weighted by molar-refractivity contribution is 0.0685. The number of carbonyl (C=O) groups is 1. The molecule has 2 aromatic rings. The molecule has 2 heterocycles. The second-order valence-corrected chi connectivity index (χ2v) is 3.40. The van der Waals surface area contributed by atoms with Gasteiger partial charge in [-0.1, -0.05) is 0 Å². The third-order valence-electron chi connectivity index (χ3n) is 2.33. The summed E-state index contributed by atoms with van der Waals surface area (Å²) >= 11 is 0. The number of hydrogen-bond acceptors (Lipinski definition) is 3. The topological polar surface area (TPSA) is 72.9 Å². The quantitative estimate of drug-likeness (QED) is 0.837. The molecule has 0 radical (unpaired) electrons. The molecule has 2 rings (SSSR count). The lowest BCUT2D eigenvalue weighted by Gasteiger charge is -1.92. The molecule has 6 heteroatoms. The van der Waals surface area contributed by atoms with E-state index in [0.29, 0.717) is 11.4 Å². The molecular weight excluding hydrogens is 208 g/mol. The summed E-state index contributed by atoms with van der Waals surface area (Å²) in [6.07, 6.45) is 1.84. The first-order valence-corrected chi connectivity index (χ1v) is 4.93. The van der Waals surface area contributed by atoms with Crippen molar-refractivity contribution in [2.75, 3.05) is 0 Å². The maximum Gasteiger partial charge on any atom is 0.354 e. The predicted octanol–water partition coefficient (Wildman–Crippen LogP) is 1.00. The molecule has 0 spiro atoms. The highest BCUT2D eigenvalue weighted by Gasteiger charge is 2.14. The van der Waals surface area contributed by atoms with Crippen molar-refractivity contribution in [1.29, 1.82) is 0 Å². The molecule has 2 aromatic heterocycles. The van der Waals surface area contributed by atoms with Crippen LogP contribution in [0, 0.1) is 0 Å². The molecule has 84 valence electrons. The summed E-state index contributed by atoms with van der Waals surface area (Å²) in [6.45, 7) is 2.76. The van der Waals surface area contributed by atoms with Crippen molar-refractivity contribution in [3.05, 3.63) is 24.0 Å². The standard InChI is InChI=1S/C10H12N4O2/c1-3-14-5-4-7(12-14)8-6-9(10(15)16)13(2)11-8/h4-6H,3H2,1-2H3,(H,15,16). The highest BCUT2D eigenvalue weighted by atomic mass is 16.4. The number of rotatable bonds is 3. The molecule has 0 aliphatic rings. The van der Waals surface area contributed by atoms with Crippen LogP contribution in [0.15, 0.2) is 18.3 Å². The summed E-state index contributed by atoms with van der Waals surface area (Å²) in [5.74, 6) is -0.990. The van der Waals surface area contributed by atoms with Crippen LogP contribution in [0.1, 0.15) is 17.4 Å². The van der Waals surface area contributed by atoms with Crippen LogP contribution in [0.5, 0.6) is 0 Å². The van der Waals surface area contributed by atoms with Crippen LogP contribution in [-0.4, -0.2) is 30.6 Å². The molecule has 1 N–H and O–H groups in total. The average molecular weight is 220 g/mol. The van der Waals surface area contributed by atoms with E-state index < -0.39 is 5.97 Å². The van der Waals surface area contributed by atoms with Gasteiger partial charge >= 0.3 is 5.97 Å². The zero-order chi connectivity index (χ0) is 11.7. The number of hydrogen-bond donors (Lipinski definition) is 1. The molecule has 0 saturated heterocycles. The van der Waals surface area contributed by atoms with Crippen LogP contribution in [-0.2, 0) is 13.6 Å². The summed E-state index contributed by atoms with van der Waals surface area (Å²) in [7, 11) is 1.60. The van der Waals surface area contributed by atoms with Gasteiger partial charge in [-0.3, -0.25) is 9.36 Å². The Balaban J connectivity index is 2.41. The van der Waals surface area contributed by atoms with Gasteiger partial charge < -0.3 is 5.11 Å². The van der Waals surface area contributed by atoms with Crippen molar-refractivity contribution in [2.24, 2.45) is 7.05 Å². The monoisotopic (exact) mass is 220 g/mol. The number of aromatic carboxylic acids is 1. The van der Waals surface area contributed by atoms with Gasteiger partial charge in [-0.2, -0.15) is 10.2 Å². The lowest BCUT2D eigenvalue weighted by Crippen LogP contribution is -2.04. The van der Waals surface area contributed by atoms with Gasteiger partial charge in [-0.05, 0) is 13.0 Å². The molecule has 0 atom stereocenters. The van der Waals surface area contributed by atoms with E-state index in [1.165, 1.54) is 10.7 Å². The van der Waals surface area contributed by atoms with Gasteiger partial charge in [0, 0.05) is 25.9 Å². The summed E-state index contributed by atoms with van der Waals surface area (Å²) < 4.78 is 3.10. The van der Waals surface area contributed by atoms with Gasteiger partial charge in [0.1, 0.15) is 17.1 Å². The predicted molar refractivity (Wildman–Crippen MR) is 57.1 cm³/mol. The first kappa shape index (κ1) is 10.4. The highest BCUT2D eigenvalue weighted by molar-refractivity contribution is 5.87. The Morgan fingerprint density at radius 3 is 2.69 bits per heavy atom. The van der Waals surface area contributed by atoms with E-state index in [0.717, 1.165) is 6.54 Å². The highest BCUT2D eigenvalue weighted by Crippen LogP contribution is 2.16. The number of carboxylic acids is 1. The van der Waals surface area contributed by atoms with Crippen molar-refractivity contribution >= 4 is 5.97 Å². The molecule has 0 fully saturated rings. The zero-order valence-electron chi connectivity index (χ0n) is 9.08. The number of aryl methyl sites for hydroxylation is 2. The molecule has 0 amide bonds. The zero-order valence-corrected chi connectivity index (χ0v) is 9.08. The molecule has 6 nitrogen and oxygen atoms in total. The van der Waals surface area contributed by atoms with Crippen LogP contribution in [0.2, 0.25) is 0 Å². The van der Waals surface area contributed by atoms with Gasteiger partial charge in [0.05, 0.1) is 0 Å². The molecule has 0 aliphatic carbocycles. The molecular formula is C10H12N4O2. The second kappa shape index (κ2) is 3.80. The summed E-state index contributed by atoms with van der Waals surface area (Å²) in [5, 5.41) is 17.3. The minimum Gasteiger partial charge on any atom is -0.477 e. The van der Waals surface area contributed by atoms with Crippen LogP contribution < -0.4 is 0 Å². The van der Waals surface area contributed by atoms with E-state index in [9.17, 15) is 4.79 Å². The van der Waals surface area contributed by atoms with E-state index in [-0.39, 0.29) is 5.69 Å². The normalized spacial score (nSPS) is 10.6. The molecule has 0 unspecified atom stereocenters. The Morgan fingerprint density at radius 1 is 1.44 bits per heavy atom. The first-order valence-electron chi connectivity index (χ1n) is 4.93.